The Hall–Kier alpha value is -2.65. The highest BCUT2D eigenvalue weighted by Gasteiger charge is 2.30. The van der Waals surface area contributed by atoms with Crippen LogP contribution >= 0.6 is 0 Å². The molecule has 35 heavy (non-hydrogen) atoms. The molecule has 2 rings (SSSR count). The number of nitrogens with one attached hydrogen (secondary N) is 1. The number of rotatable bonds is 9. The van der Waals surface area contributed by atoms with Gasteiger partial charge in [0.05, 0.1) is 10.6 Å². The number of halogens is 3. The van der Waals surface area contributed by atoms with Gasteiger partial charge in [0, 0.05) is 30.8 Å². The molecule has 1 aromatic carbocycles. The number of benzene rings is 1. The van der Waals surface area contributed by atoms with Crippen LogP contribution < -0.4 is 5.32 Å². The first-order valence-corrected chi connectivity index (χ1v) is 13.2. The Bertz CT molecular complexity index is 1120. The summed E-state index contributed by atoms with van der Waals surface area (Å²) in [6.07, 6.45) is 7.22. The third-order valence-electron chi connectivity index (χ3n) is 5.60. The first-order chi connectivity index (χ1) is 16.4. The Kier molecular flexibility index (Phi) is 10.5. The van der Waals surface area contributed by atoms with E-state index in [0.29, 0.717) is 12.1 Å². The van der Waals surface area contributed by atoms with E-state index in [4.69, 9.17) is 0 Å². The van der Waals surface area contributed by atoms with Crippen LogP contribution in [0.1, 0.15) is 37.8 Å². The third-order valence-corrected chi connectivity index (χ3v) is 7.43. The number of aryl methyl sites for hydroxylation is 1. The first kappa shape index (κ1) is 28.6. The molecule has 1 aliphatic heterocycles. The van der Waals surface area contributed by atoms with Gasteiger partial charge < -0.3 is 5.32 Å². The lowest BCUT2D eigenvalue weighted by molar-refractivity contribution is -0.117. The average molecular weight is 511 g/mol. The average Bonchev–Trinajstić information content (AvgIpc) is 3.07. The molecule has 0 atom stereocenters. The molecule has 0 fully saturated rings. The zero-order valence-electron chi connectivity index (χ0n) is 20.4. The minimum atomic E-state index is -4.57. The fourth-order valence-corrected chi connectivity index (χ4v) is 4.62. The standard InChI is InChI=1S/C26H33F3N2O3S/c1-4-35(33,34)24-13-12-20(2)17-23(24)19-30-25(32)22(18-21(3)26(27,28)29)11-7-10-16-31-14-8-5-6-9-15-31/h5,7-8,10-13,17-18H,4,6,9,14-16,19H2,1-3H3,(H,30,32)/b10-7+,21-18+,22-11+. The topological polar surface area (TPSA) is 66.5 Å². The molecule has 0 radical (unpaired) electrons. The van der Waals surface area contributed by atoms with Crippen LogP contribution in [0.2, 0.25) is 0 Å². The van der Waals surface area contributed by atoms with Crippen LogP contribution in [0.4, 0.5) is 13.2 Å². The van der Waals surface area contributed by atoms with Gasteiger partial charge in [0.25, 0.3) is 5.91 Å². The van der Waals surface area contributed by atoms with Crippen molar-refractivity contribution in [1.29, 1.82) is 0 Å². The van der Waals surface area contributed by atoms with E-state index in [0.717, 1.165) is 44.5 Å². The van der Waals surface area contributed by atoms with Crippen LogP contribution in [0.15, 0.2) is 70.7 Å². The fourth-order valence-electron chi connectivity index (χ4n) is 3.50. The number of sulfone groups is 1. The number of nitrogens with zero attached hydrogens (tertiary/aromatic N) is 1. The summed E-state index contributed by atoms with van der Waals surface area (Å²) in [5.74, 6) is -0.829. The van der Waals surface area contributed by atoms with Crippen molar-refractivity contribution < 1.29 is 26.4 Å². The lowest BCUT2D eigenvalue weighted by Gasteiger charge is -2.16. The molecule has 1 aromatic rings. The Morgan fingerprint density at radius 3 is 2.66 bits per heavy atom. The van der Waals surface area contributed by atoms with Crippen molar-refractivity contribution >= 4 is 15.7 Å². The molecule has 1 heterocycles. The predicted molar refractivity (Wildman–Crippen MR) is 133 cm³/mol. The predicted octanol–water partition coefficient (Wildman–Crippen LogP) is 5.05. The molecular formula is C26H33F3N2O3S. The Balaban J connectivity index is 2.23. The summed E-state index contributed by atoms with van der Waals surface area (Å²) >= 11 is 0. The Morgan fingerprint density at radius 1 is 1.23 bits per heavy atom. The largest absolute Gasteiger partial charge is 0.412 e. The maximum Gasteiger partial charge on any atom is 0.412 e. The molecule has 1 aliphatic rings. The van der Waals surface area contributed by atoms with Gasteiger partial charge in [0.1, 0.15) is 0 Å². The molecule has 0 aliphatic carbocycles. The molecule has 0 aromatic heterocycles. The maximum absolute atomic E-state index is 13.1. The number of alkyl halides is 3. The minimum absolute atomic E-state index is 0.102. The number of carbonyl (C=O) groups excluding carboxylic acids is 1. The molecule has 0 unspecified atom stereocenters. The summed E-state index contributed by atoms with van der Waals surface area (Å²) in [6, 6.07) is 4.80. The molecule has 0 bridgehead atoms. The van der Waals surface area contributed by atoms with Gasteiger partial charge in [-0.3, -0.25) is 9.69 Å². The number of carbonyl (C=O) groups is 1. The van der Waals surface area contributed by atoms with Crippen LogP contribution in [-0.4, -0.2) is 50.8 Å². The van der Waals surface area contributed by atoms with Crippen molar-refractivity contribution in [2.75, 3.05) is 25.4 Å². The van der Waals surface area contributed by atoms with Gasteiger partial charge in [-0.05, 0) is 57.0 Å². The van der Waals surface area contributed by atoms with Crippen LogP contribution in [0.25, 0.3) is 0 Å². The van der Waals surface area contributed by atoms with Crippen molar-refractivity contribution in [2.24, 2.45) is 0 Å². The zero-order valence-corrected chi connectivity index (χ0v) is 21.2. The lowest BCUT2D eigenvalue weighted by Crippen LogP contribution is -2.26. The van der Waals surface area contributed by atoms with E-state index in [9.17, 15) is 26.4 Å². The molecule has 1 amide bonds. The summed E-state index contributed by atoms with van der Waals surface area (Å²) in [5.41, 5.74) is 0.120. The Morgan fingerprint density at radius 2 is 1.97 bits per heavy atom. The summed E-state index contributed by atoms with van der Waals surface area (Å²) in [5, 5.41) is 2.58. The van der Waals surface area contributed by atoms with E-state index >= 15 is 0 Å². The van der Waals surface area contributed by atoms with Gasteiger partial charge in [0.2, 0.25) is 0 Å². The number of hydrogen-bond acceptors (Lipinski definition) is 4. The molecule has 192 valence electrons. The molecule has 5 nitrogen and oxygen atoms in total. The van der Waals surface area contributed by atoms with Crippen molar-refractivity contribution in [1.82, 2.24) is 10.2 Å². The SMILES string of the molecule is CCS(=O)(=O)c1ccc(C)cc1CNC(=O)C(=C/C=C/CN1CC=CCCC1)/C=C(\C)C(F)(F)F. The molecule has 0 spiro atoms. The summed E-state index contributed by atoms with van der Waals surface area (Å²) < 4.78 is 64.2. The molecule has 9 heteroatoms. The van der Waals surface area contributed by atoms with Crippen LogP contribution in [0, 0.1) is 6.92 Å². The number of amides is 1. The van der Waals surface area contributed by atoms with Crippen molar-refractivity contribution in [3.63, 3.8) is 0 Å². The normalized spacial score (nSPS) is 16.5. The summed E-state index contributed by atoms with van der Waals surface area (Å²) in [6.45, 7) is 6.42. The molecular weight excluding hydrogens is 477 g/mol. The fraction of sp³-hybridized carbons (Fsp3) is 0.423. The van der Waals surface area contributed by atoms with Crippen LogP contribution in [0.3, 0.4) is 0 Å². The lowest BCUT2D eigenvalue weighted by atomic mass is 10.1. The van der Waals surface area contributed by atoms with E-state index in [1.807, 2.05) is 0 Å². The van der Waals surface area contributed by atoms with Gasteiger partial charge in [-0.2, -0.15) is 13.2 Å². The van der Waals surface area contributed by atoms with E-state index in [2.05, 4.69) is 22.4 Å². The van der Waals surface area contributed by atoms with E-state index in [-0.39, 0.29) is 22.8 Å². The Labute approximate surface area is 206 Å². The van der Waals surface area contributed by atoms with Gasteiger partial charge in [-0.1, -0.05) is 48.9 Å². The van der Waals surface area contributed by atoms with E-state index < -0.39 is 27.5 Å². The van der Waals surface area contributed by atoms with Crippen molar-refractivity contribution in [3.8, 4) is 0 Å². The second kappa shape index (κ2) is 12.9. The molecule has 0 saturated carbocycles. The van der Waals surface area contributed by atoms with Gasteiger partial charge >= 0.3 is 6.18 Å². The van der Waals surface area contributed by atoms with Crippen molar-refractivity contribution in [3.05, 3.63) is 76.9 Å². The van der Waals surface area contributed by atoms with Crippen LogP contribution in [-0.2, 0) is 21.2 Å². The van der Waals surface area contributed by atoms with E-state index in [1.54, 1.807) is 31.2 Å². The molecule has 1 N–H and O–H groups in total. The number of allylic oxidation sites excluding steroid dienone is 4. The maximum atomic E-state index is 13.1. The third kappa shape index (κ3) is 9.14. The number of hydrogen-bond donors (Lipinski definition) is 1. The van der Waals surface area contributed by atoms with Gasteiger partial charge in [-0.25, -0.2) is 8.42 Å². The monoisotopic (exact) mass is 510 g/mol. The highest BCUT2D eigenvalue weighted by Crippen LogP contribution is 2.26. The first-order valence-electron chi connectivity index (χ1n) is 11.5. The highest BCUT2D eigenvalue weighted by atomic mass is 32.2. The minimum Gasteiger partial charge on any atom is -0.348 e. The summed E-state index contributed by atoms with van der Waals surface area (Å²) in [7, 11) is -3.53. The van der Waals surface area contributed by atoms with Crippen molar-refractivity contribution in [2.45, 2.75) is 51.2 Å². The van der Waals surface area contributed by atoms with Gasteiger partial charge in [-0.15, -0.1) is 0 Å². The second-order valence-corrected chi connectivity index (χ2v) is 10.7. The van der Waals surface area contributed by atoms with Crippen LogP contribution in [0.5, 0.6) is 0 Å². The smallest absolute Gasteiger partial charge is 0.348 e. The zero-order chi connectivity index (χ0) is 26.1. The van der Waals surface area contributed by atoms with Gasteiger partial charge in [0.15, 0.2) is 9.84 Å². The second-order valence-electron chi connectivity index (χ2n) is 8.45. The quantitative estimate of drug-likeness (QED) is 0.287. The summed E-state index contributed by atoms with van der Waals surface area (Å²) in [4.78, 5) is 15.1. The van der Waals surface area contributed by atoms with E-state index in [1.165, 1.54) is 19.1 Å². The molecule has 0 saturated heterocycles. The highest BCUT2D eigenvalue weighted by molar-refractivity contribution is 7.91.